The number of carbonyl (C=O) groups is 1. The van der Waals surface area contributed by atoms with Gasteiger partial charge in [-0.3, -0.25) is 4.98 Å². The van der Waals surface area contributed by atoms with Crippen LogP contribution in [0.4, 0.5) is 5.69 Å². The van der Waals surface area contributed by atoms with E-state index in [9.17, 15) is 4.79 Å². The molecule has 2 N–H and O–H groups in total. The Morgan fingerprint density at radius 1 is 1.53 bits per heavy atom. The Bertz CT molecular complexity index is 537. The summed E-state index contributed by atoms with van der Waals surface area (Å²) in [6.45, 7) is 2.10. The Balaban J connectivity index is 2.02. The molecule has 0 fully saturated rings. The predicted octanol–water partition coefficient (Wildman–Crippen LogP) is 2.39. The van der Waals surface area contributed by atoms with Crippen LogP contribution in [0.1, 0.15) is 20.9 Å². The first-order valence-electron chi connectivity index (χ1n) is 5.09. The minimum Gasteiger partial charge on any atom is -0.455 e. The van der Waals surface area contributed by atoms with Crippen LogP contribution in [0.25, 0.3) is 0 Å². The van der Waals surface area contributed by atoms with Gasteiger partial charge in [-0.15, -0.1) is 11.3 Å². The van der Waals surface area contributed by atoms with Gasteiger partial charge in [0.2, 0.25) is 0 Å². The maximum atomic E-state index is 11.7. The van der Waals surface area contributed by atoms with E-state index in [0.717, 1.165) is 11.3 Å². The van der Waals surface area contributed by atoms with E-state index in [1.807, 2.05) is 19.1 Å². The van der Waals surface area contributed by atoms with Gasteiger partial charge >= 0.3 is 5.97 Å². The van der Waals surface area contributed by atoms with Crippen LogP contribution in [-0.4, -0.2) is 11.0 Å². The van der Waals surface area contributed by atoms with Crippen molar-refractivity contribution in [3.05, 3.63) is 45.9 Å². The highest BCUT2D eigenvalue weighted by Gasteiger charge is 2.13. The molecule has 4 nitrogen and oxygen atoms in total. The average molecular weight is 248 g/mol. The first-order valence-corrected chi connectivity index (χ1v) is 5.97. The van der Waals surface area contributed by atoms with Crippen LogP contribution in [0, 0.1) is 6.92 Å². The monoisotopic (exact) mass is 248 g/mol. The lowest BCUT2D eigenvalue weighted by Crippen LogP contribution is -2.07. The zero-order valence-electron chi connectivity index (χ0n) is 9.34. The lowest BCUT2D eigenvalue weighted by Gasteiger charge is -2.05. The highest BCUT2D eigenvalue weighted by Crippen LogP contribution is 2.20. The molecule has 0 saturated heterocycles. The van der Waals surface area contributed by atoms with Crippen molar-refractivity contribution in [3.8, 4) is 0 Å². The number of esters is 1. The Morgan fingerprint density at radius 2 is 2.35 bits per heavy atom. The molecule has 0 saturated carbocycles. The van der Waals surface area contributed by atoms with Crippen LogP contribution in [0.2, 0.25) is 0 Å². The van der Waals surface area contributed by atoms with Crippen molar-refractivity contribution in [2.75, 3.05) is 5.73 Å². The number of ether oxygens (including phenoxy) is 1. The zero-order valence-corrected chi connectivity index (χ0v) is 10.2. The zero-order chi connectivity index (χ0) is 12.3. The number of nitrogens with zero attached hydrogens (tertiary/aromatic N) is 1. The van der Waals surface area contributed by atoms with E-state index in [1.165, 1.54) is 11.3 Å². The molecule has 0 unspecified atom stereocenters. The summed E-state index contributed by atoms with van der Waals surface area (Å²) < 4.78 is 5.16. The summed E-state index contributed by atoms with van der Waals surface area (Å²) in [5, 5.41) is 1.76. The smallest absolute Gasteiger partial charge is 0.350 e. The van der Waals surface area contributed by atoms with Crippen molar-refractivity contribution in [1.29, 1.82) is 0 Å². The lowest BCUT2D eigenvalue weighted by molar-refractivity contribution is 0.0474. The van der Waals surface area contributed by atoms with E-state index in [2.05, 4.69) is 4.98 Å². The summed E-state index contributed by atoms with van der Waals surface area (Å²) in [7, 11) is 0. The van der Waals surface area contributed by atoms with E-state index in [-0.39, 0.29) is 6.61 Å². The molecule has 0 aromatic carbocycles. The quantitative estimate of drug-likeness (QED) is 0.847. The second-order valence-corrected chi connectivity index (χ2v) is 4.46. The molecule has 0 spiro atoms. The highest BCUT2D eigenvalue weighted by atomic mass is 32.1. The summed E-state index contributed by atoms with van der Waals surface area (Å²) in [6.07, 6.45) is 1.68. The van der Waals surface area contributed by atoms with Gasteiger partial charge in [0.25, 0.3) is 0 Å². The standard InChI is InChI=1S/C12H12N2O2S/c1-8-3-2-5-14-10(8)7-16-12(15)11-9(13)4-6-17-11/h2-6H,7,13H2,1H3. The van der Waals surface area contributed by atoms with Crippen molar-refractivity contribution in [3.63, 3.8) is 0 Å². The molecule has 5 heteroatoms. The number of anilines is 1. The molecule has 0 aliphatic rings. The van der Waals surface area contributed by atoms with Crippen molar-refractivity contribution in [2.24, 2.45) is 0 Å². The van der Waals surface area contributed by atoms with E-state index in [4.69, 9.17) is 10.5 Å². The molecule has 17 heavy (non-hydrogen) atoms. The summed E-state index contributed by atoms with van der Waals surface area (Å²) in [5.41, 5.74) is 7.85. The molecular formula is C12H12N2O2S. The molecule has 0 bridgehead atoms. The average Bonchev–Trinajstić information content (AvgIpc) is 2.74. The number of carbonyl (C=O) groups excluding carboxylic acids is 1. The first-order chi connectivity index (χ1) is 8.18. The third-order valence-electron chi connectivity index (χ3n) is 2.34. The number of hydrogen-bond acceptors (Lipinski definition) is 5. The van der Waals surface area contributed by atoms with Gasteiger partial charge < -0.3 is 10.5 Å². The molecule has 88 valence electrons. The fraction of sp³-hybridized carbons (Fsp3) is 0.167. The molecule has 2 rings (SSSR count). The fourth-order valence-corrected chi connectivity index (χ4v) is 2.06. The molecular weight excluding hydrogens is 236 g/mol. The molecule has 2 aromatic heterocycles. The SMILES string of the molecule is Cc1cccnc1COC(=O)c1sccc1N. The second kappa shape index (κ2) is 4.97. The minimum absolute atomic E-state index is 0.169. The minimum atomic E-state index is -0.400. The van der Waals surface area contributed by atoms with Gasteiger partial charge in [-0.2, -0.15) is 0 Å². The lowest BCUT2D eigenvalue weighted by atomic mass is 10.2. The molecule has 0 amide bonds. The maximum Gasteiger partial charge on any atom is 0.350 e. The van der Waals surface area contributed by atoms with Crippen molar-refractivity contribution < 1.29 is 9.53 Å². The van der Waals surface area contributed by atoms with E-state index < -0.39 is 5.97 Å². The van der Waals surface area contributed by atoms with Gasteiger partial charge in [-0.25, -0.2) is 4.79 Å². The second-order valence-electron chi connectivity index (χ2n) is 3.55. The normalized spacial score (nSPS) is 10.2. The maximum absolute atomic E-state index is 11.7. The van der Waals surface area contributed by atoms with E-state index in [1.54, 1.807) is 17.6 Å². The molecule has 2 heterocycles. The van der Waals surface area contributed by atoms with Crippen LogP contribution >= 0.6 is 11.3 Å². The highest BCUT2D eigenvalue weighted by molar-refractivity contribution is 7.12. The summed E-state index contributed by atoms with van der Waals surface area (Å²) >= 11 is 1.28. The Hall–Kier alpha value is -1.88. The predicted molar refractivity (Wildman–Crippen MR) is 66.8 cm³/mol. The van der Waals surface area contributed by atoms with Gasteiger partial charge in [0.15, 0.2) is 0 Å². The molecule has 0 aliphatic carbocycles. The summed E-state index contributed by atoms with van der Waals surface area (Å²) in [6, 6.07) is 5.46. The number of rotatable bonds is 3. The van der Waals surface area contributed by atoms with Crippen molar-refractivity contribution in [1.82, 2.24) is 4.98 Å². The number of aryl methyl sites for hydroxylation is 1. The molecule has 0 radical (unpaired) electrons. The number of nitrogen functional groups attached to an aromatic ring is 1. The first kappa shape index (κ1) is 11.6. The number of hydrogen-bond donors (Lipinski definition) is 1. The largest absolute Gasteiger partial charge is 0.455 e. The Labute approximate surface area is 103 Å². The summed E-state index contributed by atoms with van der Waals surface area (Å²) in [5.74, 6) is -0.400. The third kappa shape index (κ3) is 2.62. The number of pyridine rings is 1. The van der Waals surface area contributed by atoms with Crippen LogP contribution in [0.3, 0.4) is 0 Å². The van der Waals surface area contributed by atoms with Crippen LogP contribution in [0.15, 0.2) is 29.8 Å². The number of aromatic nitrogens is 1. The Morgan fingerprint density at radius 3 is 3.00 bits per heavy atom. The van der Waals surface area contributed by atoms with Crippen molar-refractivity contribution >= 4 is 23.0 Å². The topological polar surface area (TPSA) is 65.2 Å². The number of thiophene rings is 1. The van der Waals surface area contributed by atoms with Gasteiger partial charge in [0, 0.05) is 6.20 Å². The van der Waals surface area contributed by atoms with Gasteiger partial charge in [-0.1, -0.05) is 6.07 Å². The van der Waals surface area contributed by atoms with Gasteiger partial charge in [0.1, 0.15) is 11.5 Å². The summed E-state index contributed by atoms with van der Waals surface area (Å²) in [4.78, 5) is 16.3. The van der Waals surface area contributed by atoms with Crippen LogP contribution in [0.5, 0.6) is 0 Å². The molecule has 2 aromatic rings. The Kier molecular flexibility index (Phi) is 3.39. The van der Waals surface area contributed by atoms with E-state index in [0.29, 0.717) is 10.6 Å². The van der Waals surface area contributed by atoms with Crippen molar-refractivity contribution in [2.45, 2.75) is 13.5 Å². The van der Waals surface area contributed by atoms with Gasteiger partial charge in [-0.05, 0) is 30.0 Å². The number of nitrogens with two attached hydrogens (primary N) is 1. The molecule has 0 atom stereocenters. The van der Waals surface area contributed by atoms with Crippen LogP contribution < -0.4 is 5.73 Å². The van der Waals surface area contributed by atoms with E-state index >= 15 is 0 Å². The van der Waals surface area contributed by atoms with Crippen LogP contribution in [-0.2, 0) is 11.3 Å². The molecule has 0 aliphatic heterocycles. The fourth-order valence-electron chi connectivity index (χ4n) is 1.35. The van der Waals surface area contributed by atoms with Gasteiger partial charge in [0.05, 0.1) is 11.4 Å². The third-order valence-corrected chi connectivity index (χ3v) is 3.25.